The predicted octanol–water partition coefficient (Wildman–Crippen LogP) is 1.58. The molecular formula is C8H9N3O2. The fourth-order valence-electron chi connectivity index (χ4n) is 1.56. The minimum atomic E-state index is -0.895. The molecule has 5 heteroatoms. The number of hydrogen-bond donors (Lipinski definition) is 0. The minimum Gasteiger partial charge on any atom is -0.298 e. The first-order chi connectivity index (χ1) is 6.20. The van der Waals surface area contributed by atoms with Gasteiger partial charge in [-0.05, 0) is 36.3 Å². The molecule has 13 heavy (non-hydrogen) atoms. The normalized spacial score (nSPS) is 23.1. The van der Waals surface area contributed by atoms with Crippen LogP contribution in [-0.4, -0.2) is 11.7 Å². The summed E-state index contributed by atoms with van der Waals surface area (Å²) < 4.78 is 0. The van der Waals surface area contributed by atoms with Crippen LogP contribution in [0, 0.1) is 11.3 Å². The number of amides is 1. The Morgan fingerprint density at radius 3 is 2.38 bits per heavy atom. The molecule has 2 aliphatic carbocycles. The topological polar surface area (TPSA) is 82.9 Å². The van der Waals surface area contributed by atoms with Crippen LogP contribution in [0.15, 0.2) is 5.11 Å². The predicted molar refractivity (Wildman–Crippen MR) is 43.6 cm³/mol. The highest BCUT2D eigenvalue weighted by Crippen LogP contribution is 2.53. The number of rotatable bonds is 3. The molecule has 0 atom stereocenters. The second-order valence-corrected chi connectivity index (χ2v) is 3.72. The molecule has 2 aliphatic rings. The van der Waals surface area contributed by atoms with Gasteiger partial charge in [0.25, 0.3) is 0 Å². The molecule has 0 aromatic carbocycles. The van der Waals surface area contributed by atoms with E-state index in [0.29, 0.717) is 12.8 Å². The number of carbonyl (C=O) groups is 2. The summed E-state index contributed by atoms with van der Waals surface area (Å²) in [7, 11) is 0. The van der Waals surface area contributed by atoms with Gasteiger partial charge in [-0.15, -0.1) is 0 Å². The third kappa shape index (κ3) is 1.21. The maximum Gasteiger partial charge on any atom is 0.232 e. The van der Waals surface area contributed by atoms with Crippen LogP contribution in [0.2, 0.25) is 0 Å². The van der Waals surface area contributed by atoms with Crippen molar-refractivity contribution in [1.29, 1.82) is 0 Å². The second kappa shape index (κ2) is 2.57. The van der Waals surface area contributed by atoms with Crippen LogP contribution >= 0.6 is 0 Å². The Morgan fingerprint density at radius 2 is 2.00 bits per heavy atom. The van der Waals surface area contributed by atoms with E-state index >= 15 is 0 Å². The molecule has 2 fully saturated rings. The zero-order valence-corrected chi connectivity index (χ0v) is 7.06. The van der Waals surface area contributed by atoms with E-state index in [4.69, 9.17) is 5.53 Å². The summed E-state index contributed by atoms with van der Waals surface area (Å²) in [6.45, 7) is 0. The van der Waals surface area contributed by atoms with E-state index < -0.39 is 11.3 Å². The van der Waals surface area contributed by atoms with Gasteiger partial charge in [-0.25, -0.2) is 0 Å². The maximum absolute atomic E-state index is 11.6. The van der Waals surface area contributed by atoms with E-state index in [1.165, 1.54) is 0 Å². The summed E-state index contributed by atoms with van der Waals surface area (Å²) >= 11 is 0. The van der Waals surface area contributed by atoms with E-state index in [0.717, 1.165) is 12.8 Å². The van der Waals surface area contributed by atoms with Crippen molar-refractivity contribution in [3.8, 4) is 0 Å². The van der Waals surface area contributed by atoms with Crippen LogP contribution in [0.5, 0.6) is 0 Å². The summed E-state index contributed by atoms with van der Waals surface area (Å²) in [5.74, 6) is -0.503. The lowest BCUT2D eigenvalue weighted by Gasteiger charge is -2.06. The van der Waals surface area contributed by atoms with Crippen LogP contribution in [0.25, 0.3) is 10.4 Å². The molecule has 2 rings (SSSR count). The van der Waals surface area contributed by atoms with E-state index in [9.17, 15) is 9.59 Å². The Labute approximate surface area is 74.7 Å². The van der Waals surface area contributed by atoms with E-state index in [2.05, 4.69) is 10.0 Å². The smallest absolute Gasteiger partial charge is 0.232 e. The van der Waals surface area contributed by atoms with Gasteiger partial charge in [0.2, 0.25) is 5.91 Å². The lowest BCUT2D eigenvalue weighted by atomic mass is 9.97. The van der Waals surface area contributed by atoms with Gasteiger partial charge in [0.1, 0.15) is 5.78 Å². The van der Waals surface area contributed by atoms with Crippen molar-refractivity contribution >= 4 is 11.7 Å². The molecule has 0 N–H and O–H groups in total. The molecule has 1 amide bonds. The number of carbonyl (C=O) groups excluding carboxylic acids is 2. The molecule has 0 bridgehead atoms. The lowest BCUT2D eigenvalue weighted by Crippen LogP contribution is -2.25. The van der Waals surface area contributed by atoms with Crippen LogP contribution in [-0.2, 0) is 9.59 Å². The molecule has 0 aliphatic heterocycles. The number of nitrogens with zero attached hydrogens (tertiary/aromatic N) is 3. The van der Waals surface area contributed by atoms with Gasteiger partial charge in [0.15, 0.2) is 0 Å². The Kier molecular flexibility index (Phi) is 1.63. The first kappa shape index (κ1) is 8.26. The molecule has 0 radical (unpaired) electrons. The average molecular weight is 179 g/mol. The molecule has 5 nitrogen and oxygen atoms in total. The van der Waals surface area contributed by atoms with Crippen molar-refractivity contribution in [2.24, 2.45) is 16.4 Å². The molecule has 0 spiro atoms. The van der Waals surface area contributed by atoms with E-state index in [-0.39, 0.29) is 11.7 Å². The summed E-state index contributed by atoms with van der Waals surface area (Å²) in [5, 5.41) is 3.01. The molecule has 68 valence electrons. The van der Waals surface area contributed by atoms with Crippen molar-refractivity contribution in [1.82, 2.24) is 0 Å². The number of azide groups is 1. The Balaban J connectivity index is 2.15. The summed E-state index contributed by atoms with van der Waals surface area (Å²) in [6.07, 6.45) is 2.93. The monoisotopic (exact) mass is 179 g/mol. The largest absolute Gasteiger partial charge is 0.298 e. The van der Waals surface area contributed by atoms with Crippen LogP contribution in [0.4, 0.5) is 0 Å². The van der Waals surface area contributed by atoms with Gasteiger partial charge in [-0.2, -0.15) is 0 Å². The molecule has 0 aromatic rings. The number of Topliss-reactive ketones (excluding diaryl/α,β-unsaturated/α-hetero) is 1. The SMILES string of the molecule is [N-]=[N+]=NC(=O)C1(C(=O)C2CC2)CC1. The van der Waals surface area contributed by atoms with Crippen molar-refractivity contribution in [3.63, 3.8) is 0 Å². The van der Waals surface area contributed by atoms with Crippen molar-refractivity contribution in [2.75, 3.05) is 0 Å². The molecule has 0 saturated heterocycles. The third-order valence-electron chi connectivity index (χ3n) is 2.71. The van der Waals surface area contributed by atoms with Crippen molar-refractivity contribution in [2.45, 2.75) is 25.7 Å². The molecular weight excluding hydrogens is 170 g/mol. The first-order valence-corrected chi connectivity index (χ1v) is 4.34. The summed E-state index contributed by atoms with van der Waals surface area (Å²) in [6, 6.07) is 0. The van der Waals surface area contributed by atoms with Crippen molar-refractivity contribution in [3.05, 3.63) is 10.4 Å². The number of ketones is 1. The van der Waals surface area contributed by atoms with E-state index in [1.54, 1.807) is 0 Å². The molecule has 0 heterocycles. The van der Waals surface area contributed by atoms with E-state index in [1.807, 2.05) is 0 Å². The summed E-state index contributed by atoms with van der Waals surface area (Å²) in [4.78, 5) is 25.3. The fourth-order valence-corrected chi connectivity index (χ4v) is 1.56. The molecule has 2 saturated carbocycles. The zero-order valence-electron chi connectivity index (χ0n) is 7.06. The standard InChI is InChI=1S/C8H9N3O2/c9-11-10-7(13)8(3-4-8)6(12)5-1-2-5/h5H,1-4H2. The summed E-state index contributed by atoms with van der Waals surface area (Å²) in [5.41, 5.74) is 7.19. The quantitative estimate of drug-likeness (QED) is 0.285. The molecule has 0 unspecified atom stereocenters. The highest BCUT2D eigenvalue weighted by Gasteiger charge is 2.58. The van der Waals surface area contributed by atoms with Crippen molar-refractivity contribution < 1.29 is 9.59 Å². The number of hydrogen-bond acceptors (Lipinski definition) is 2. The van der Waals surface area contributed by atoms with Crippen LogP contribution < -0.4 is 0 Å². The lowest BCUT2D eigenvalue weighted by molar-refractivity contribution is -0.134. The highest BCUT2D eigenvalue weighted by atomic mass is 16.2. The van der Waals surface area contributed by atoms with Gasteiger partial charge in [-0.3, -0.25) is 9.59 Å². The van der Waals surface area contributed by atoms with Gasteiger partial charge in [-0.1, -0.05) is 0 Å². The average Bonchev–Trinajstić information content (AvgIpc) is 2.99. The van der Waals surface area contributed by atoms with Gasteiger partial charge in [0, 0.05) is 10.8 Å². The Hall–Kier alpha value is -1.35. The Morgan fingerprint density at radius 1 is 1.38 bits per heavy atom. The minimum absolute atomic E-state index is 0.00454. The second-order valence-electron chi connectivity index (χ2n) is 3.72. The van der Waals surface area contributed by atoms with Gasteiger partial charge < -0.3 is 0 Å². The highest BCUT2D eigenvalue weighted by molar-refractivity contribution is 6.10. The van der Waals surface area contributed by atoms with Gasteiger partial charge >= 0.3 is 0 Å². The van der Waals surface area contributed by atoms with Crippen LogP contribution in [0.1, 0.15) is 25.7 Å². The van der Waals surface area contributed by atoms with Gasteiger partial charge in [0.05, 0.1) is 5.41 Å². The first-order valence-electron chi connectivity index (χ1n) is 4.34. The maximum atomic E-state index is 11.6. The zero-order chi connectivity index (χ0) is 9.47. The third-order valence-corrected chi connectivity index (χ3v) is 2.71. The van der Waals surface area contributed by atoms with Crippen LogP contribution in [0.3, 0.4) is 0 Å². The molecule has 0 aromatic heterocycles. The Bertz CT molecular complexity index is 322. The fraction of sp³-hybridized carbons (Fsp3) is 0.750.